The first-order valence-electron chi connectivity index (χ1n) is 3.46. The average molecular weight is 172 g/mol. The molecule has 2 heteroatoms. The molecule has 1 radical (unpaired) electrons. The second-order valence-electron chi connectivity index (χ2n) is 2.38. The van der Waals surface area contributed by atoms with Crippen LogP contribution in [0.1, 0.15) is 12.0 Å². The fraction of sp³-hybridized carbons (Fsp3) is 0.222. The molecule has 0 nitrogen and oxygen atoms in total. The van der Waals surface area contributed by atoms with Gasteiger partial charge in [-0.3, -0.25) is 0 Å². The van der Waals surface area contributed by atoms with E-state index in [2.05, 4.69) is 6.92 Å². The van der Waals surface area contributed by atoms with Gasteiger partial charge in [0.1, 0.15) is 5.82 Å². The van der Waals surface area contributed by atoms with Gasteiger partial charge in [-0.15, -0.1) is 0 Å². The van der Waals surface area contributed by atoms with Gasteiger partial charge in [0.25, 0.3) is 0 Å². The summed E-state index contributed by atoms with van der Waals surface area (Å²) in [6.07, 6.45) is 1.54. The summed E-state index contributed by atoms with van der Waals surface area (Å²) in [5.41, 5.74) is 0.907. The summed E-state index contributed by atoms with van der Waals surface area (Å²) in [6, 6.07) is 4.54. The van der Waals surface area contributed by atoms with Crippen LogP contribution in [0, 0.1) is 12.7 Å². The number of hydrogen-bond acceptors (Lipinski definition) is 0. The Morgan fingerprint density at radius 2 is 2.09 bits per heavy atom. The van der Waals surface area contributed by atoms with Crippen molar-refractivity contribution in [2.75, 3.05) is 0 Å². The number of rotatable bonds is 2. The van der Waals surface area contributed by atoms with E-state index in [-0.39, 0.29) is 5.82 Å². The topological polar surface area (TPSA) is 0 Å². The highest BCUT2D eigenvalue weighted by molar-refractivity contribution is 6.30. The minimum atomic E-state index is -0.277. The lowest BCUT2D eigenvalue weighted by Crippen LogP contribution is -1.84. The third-order valence-corrected chi connectivity index (χ3v) is 1.61. The molecule has 0 aliphatic rings. The standard InChI is InChI=1S/C9H9ClF/c1-2-3-7-4-8(10)6-9(11)5-7/h4-6H,1-3H2. The molecular weight excluding hydrogens is 163 g/mol. The van der Waals surface area contributed by atoms with Crippen LogP contribution in [0.4, 0.5) is 4.39 Å². The summed E-state index contributed by atoms with van der Waals surface area (Å²) in [7, 11) is 0. The first-order chi connectivity index (χ1) is 5.22. The lowest BCUT2D eigenvalue weighted by atomic mass is 10.1. The van der Waals surface area contributed by atoms with Gasteiger partial charge in [0.2, 0.25) is 0 Å². The zero-order chi connectivity index (χ0) is 8.27. The van der Waals surface area contributed by atoms with Crippen molar-refractivity contribution in [3.05, 3.63) is 41.5 Å². The van der Waals surface area contributed by atoms with Crippen molar-refractivity contribution in [3.63, 3.8) is 0 Å². The molecule has 1 aromatic carbocycles. The Labute approximate surface area is 71.0 Å². The van der Waals surface area contributed by atoms with Crippen molar-refractivity contribution in [1.82, 2.24) is 0 Å². The van der Waals surface area contributed by atoms with Gasteiger partial charge >= 0.3 is 0 Å². The van der Waals surface area contributed by atoms with Crippen LogP contribution in [-0.4, -0.2) is 0 Å². The Kier molecular flexibility index (Phi) is 2.89. The molecule has 11 heavy (non-hydrogen) atoms. The molecule has 0 amide bonds. The first-order valence-corrected chi connectivity index (χ1v) is 3.84. The molecule has 59 valence electrons. The summed E-state index contributed by atoms with van der Waals surface area (Å²) in [4.78, 5) is 0. The Morgan fingerprint density at radius 1 is 1.36 bits per heavy atom. The SMILES string of the molecule is [CH2]CCc1cc(F)cc(Cl)c1. The second kappa shape index (κ2) is 3.72. The smallest absolute Gasteiger partial charge is 0.124 e. The van der Waals surface area contributed by atoms with Crippen molar-refractivity contribution in [1.29, 1.82) is 0 Å². The molecule has 0 aliphatic carbocycles. The van der Waals surface area contributed by atoms with E-state index >= 15 is 0 Å². The Hall–Kier alpha value is -0.560. The van der Waals surface area contributed by atoms with Crippen LogP contribution >= 0.6 is 11.6 Å². The van der Waals surface area contributed by atoms with Crippen molar-refractivity contribution < 1.29 is 4.39 Å². The minimum absolute atomic E-state index is 0.277. The van der Waals surface area contributed by atoms with Crippen LogP contribution in [0.25, 0.3) is 0 Å². The lowest BCUT2D eigenvalue weighted by Gasteiger charge is -1.98. The predicted molar refractivity (Wildman–Crippen MR) is 45.1 cm³/mol. The molecule has 1 rings (SSSR count). The van der Waals surface area contributed by atoms with Gasteiger partial charge in [0.15, 0.2) is 0 Å². The normalized spacial score (nSPS) is 10.1. The zero-order valence-electron chi connectivity index (χ0n) is 6.11. The van der Waals surface area contributed by atoms with E-state index in [1.54, 1.807) is 6.07 Å². The molecule has 0 N–H and O–H groups in total. The molecule has 0 aromatic heterocycles. The minimum Gasteiger partial charge on any atom is -0.207 e. The second-order valence-corrected chi connectivity index (χ2v) is 2.82. The number of hydrogen-bond donors (Lipinski definition) is 0. The summed E-state index contributed by atoms with van der Waals surface area (Å²) in [5.74, 6) is -0.277. The molecule has 0 bridgehead atoms. The van der Waals surface area contributed by atoms with Crippen molar-refractivity contribution in [2.45, 2.75) is 12.8 Å². The van der Waals surface area contributed by atoms with Gasteiger partial charge in [0.05, 0.1) is 0 Å². The van der Waals surface area contributed by atoms with E-state index in [9.17, 15) is 4.39 Å². The van der Waals surface area contributed by atoms with E-state index in [0.717, 1.165) is 18.4 Å². The van der Waals surface area contributed by atoms with Crippen LogP contribution in [0.5, 0.6) is 0 Å². The van der Waals surface area contributed by atoms with Crippen molar-refractivity contribution in [3.8, 4) is 0 Å². The Morgan fingerprint density at radius 3 is 2.64 bits per heavy atom. The third-order valence-electron chi connectivity index (χ3n) is 1.39. The van der Waals surface area contributed by atoms with Gasteiger partial charge in [-0.05, 0) is 36.6 Å². The molecule has 0 saturated heterocycles. The quantitative estimate of drug-likeness (QED) is 0.641. The number of benzene rings is 1. The summed E-state index contributed by atoms with van der Waals surface area (Å²) in [6.45, 7) is 3.67. The maximum Gasteiger partial charge on any atom is 0.124 e. The molecule has 0 atom stereocenters. The Bertz CT molecular complexity index is 225. The molecule has 0 aliphatic heterocycles. The third kappa shape index (κ3) is 2.51. The highest BCUT2D eigenvalue weighted by atomic mass is 35.5. The number of halogens is 2. The molecule has 0 heterocycles. The van der Waals surface area contributed by atoms with Crippen LogP contribution in [-0.2, 0) is 6.42 Å². The predicted octanol–water partition coefficient (Wildman–Crippen LogP) is 3.25. The fourth-order valence-electron chi connectivity index (χ4n) is 0.959. The van der Waals surface area contributed by atoms with Crippen molar-refractivity contribution >= 4 is 11.6 Å². The summed E-state index contributed by atoms with van der Waals surface area (Å²) < 4.78 is 12.6. The van der Waals surface area contributed by atoms with Gasteiger partial charge < -0.3 is 0 Å². The average Bonchev–Trinajstić information content (AvgIpc) is 1.85. The molecule has 0 saturated carbocycles. The summed E-state index contributed by atoms with van der Waals surface area (Å²) >= 11 is 5.63. The van der Waals surface area contributed by atoms with E-state index < -0.39 is 0 Å². The number of aryl methyl sites for hydroxylation is 1. The van der Waals surface area contributed by atoms with Gasteiger partial charge in [0, 0.05) is 5.02 Å². The Balaban J connectivity index is 2.89. The van der Waals surface area contributed by atoms with Gasteiger partial charge in [-0.25, -0.2) is 4.39 Å². The van der Waals surface area contributed by atoms with E-state index in [4.69, 9.17) is 11.6 Å². The highest BCUT2D eigenvalue weighted by Crippen LogP contribution is 2.14. The van der Waals surface area contributed by atoms with Crippen molar-refractivity contribution in [2.24, 2.45) is 0 Å². The molecule has 0 fully saturated rings. The first kappa shape index (κ1) is 8.54. The molecule has 1 aromatic rings. The van der Waals surface area contributed by atoms with E-state index in [1.165, 1.54) is 12.1 Å². The fourth-order valence-corrected chi connectivity index (χ4v) is 1.20. The van der Waals surface area contributed by atoms with E-state index in [1.807, 2.05) is 0 Å². The summed E-state index contributed by atoms with van der Waals surface area (Å²) in [5, 5.41) is 0.452. The molecular formula is C9H9ClF. The van der Waals surface area contributed by atoms with Crippen LogP contribution < -0.4 is 0 Å². The van der Waals surface area contributed by atoms with Crippen LogP contribution in [0.3, 0.4) is 0 Å². The zero-order valence-corrected chi connectivity index (χ0v) is 6.87. The van der Waals surface area contributed by atoms with Gasteiger partial charge in [-0.1, -0.05) is 18.5 Å². The van der Waals surface area contributed by atoms with E-state index in [0.29, 0.717) is 5.02 Å². The maximum absolute atomic E-state index is 12.6. The maximum atomic E-state index is 12.6. The van der Waals surface area contributed by atoms with Crippen LogP contribution in [0.15, 0.2) is 18.2 Å². The molecule has 0 spiro atoms. The largest absolute Gasteiger partial charge is 0.207 e. The van der Waals surface area contributed by atoms with Gasteiger partial charge in [-0.2, -0.15) is 0 Å². The van der Waals surface area contributed by atoms with Crippen LogP contribution in [0.2, 0.25) is 5.02 Å². The molecule has 0 unspecified atom stereocenters. The highest BCUT2D eigenvalue weighted by Gasteiger charge is 1.97. The monoisotopic (exact) mass is 171 g/mol. The lowest BCUT2D eigenvalue weighted by molar-refractivity contribution is 0.625.